The summed E-state index contributed by atoms with van der Waals surface area (Å²) in [5, 5.41) is 2.12. The maximum absolute atomic E-state index is 13.5. The summed E-state index contributed by atoms with van der Waals surface area (Å²) in [6, 6.07) is 6.50. The number of hydrogen-bond acceptors (Lipinski definition) is 4. The van der Waals surface area contributed by atoms with Crippen LogP contribution in [0.15, 0.2) is 36.5 Å². The van der Waals surface area contributed by atoms with Gasteiger partial charge in [0.05, 0.1) is 22.7 Å². The van der Waals surface area contributed by atoms with Gasteiger partial charge in [0.25, 0.3) is 0 Å². The van der Waals surface area contributed by atoms with Gasteiger partial charge in [-0.05, 0) is 30.2 Å². The van der Waals surface area contributed by atoms with E-state index in [2.05, 4.69) is 10.3 Å². The van der Waals surface area contributed by atoms with Crippen LogP contribution < -0.4 is 10.1 Å². The molecule has 3 atom stereocenters. The fourth-order valence-electron chi connectivity index (χ4n) is 2.68. The first kappa shape index (κ1) is 21.1. The van der Waals surface area contributed by atoms with Crippen LogP contribution in [0.2, 0.25) is 5.02 Å². The molecule has 28 heavy (non-hydrogen) atoms. The molecule has 0 saturated carbocycles. The minimum absolute atomic E-state index is 0.0290. The van der Waals surface area contributed by atoms with Crippen LogP contribution in [0.5, 0.6) is 11.6 Å². The van der Waals surface area contributed by atoms with E-state index in [0.29, 0.717) is 12.8 Å². The lowest BCUT2D eigenvalue weighted by Gasteiger charge is -2.13. The topological polar surface area (TPSA) is 43.4 Å². The number of alkyl halides is 5. The van der Waals surface area contributed by atoms with Crippen molar-refractivity contribution in [2.24, 2.45) is 0 Å². The average molecular weight is 439 g/mol. The Morgan fingerprint density at radius 1 is 1.21 bits per heavy atom. The van der Waals surface area contributed by atoms with E-state index in [1.54, 1.807) is 6.07 Å². The Morgan fingerprint density at radius 3 is 2.61 bits per heavy atom. The molecule has 2 aromatic rings. The summed E-state index contributed by atoms with van der Waals surface area (Å²) in [7, 11) is 0. The van der Waals surface area contributed by atoms with Crippen LogP contribution in [0.4, 0.5) is 17.6 Å². The molecular formula is C18H16Cl2F4N2O2. The van der Waals surface area contributed by atoms with Crippen molar-refractivity contribution >= 4 is 23.2 Å². The van der Waals surface area contributed by atoms with Gasteiger partial charge >= 0.3 is 6.18 Å². The predicted octanol–water partition coefficient (Wildman–Crippen LogP) is 5.33. The number of pyridine rings is 1. The molecular weight excluding hydrogens is 423 g/mol. The Balaban J connectivity index is 1.55. The SMILES string of the molecule is FC1NC(Cl)CC1OCCc1ccc(Oc2ccc(Cl)c(C(F)(F)F)c2)nc1. The lowest BCUT2D eigenvalue weighted by atomic mass is 10.2. The molecule has 10 heteroatoms. The van der Waals surface area contributed by atoms with E-state index < -0.39 is 34.7 Å². The first-order chi connectivity index (χ1) is 13.2. The Labute approximate surface area is 168 Å². The number of hydrogen-bond donors (Lipinski definition) is 1. The maximum atomic E-state index is 13.5. The number of halogens is 6. The molecule has 0 spiro atoms. The smallest absolute Gasteiger partial charge is 0.417 e. The Kier molecular flexibility index (Phi) is 6.65. The number of benzene rings is 1. The molecule has 1 fully saturated rings. The Bertz CT molecular complexity index is 805. The number of nitrogens with one attached hydrogen (secondary N) is 1. The van der Waals surface area contributed by atoms with Crippen LogP contribution in [-0.4, -0.2) is 29.5 Å². The zero-order valence-corrected chi connectivity index (χ0v) is 15.9. The van der Waals surface area contributed by atoms with Gasteiger partial charge in [-0.1, -0.05) is 17.7 Å². The van der Waals surface area contributed by atoms with Crippen molar-refractivity contribution in [3.8, 4) is 11.6 Å². The molecule has 3 rings (SSSR count). The average Bonchev–Trinajstić information content (AvgIpc) is 2.94. The Hall–Kier alpha value is -1.61. The van der Waals surface area contributed by atoms with Crippen LogP contribution in [0.1, 0.15) is 17.5 Å². The van der Waals surface area contributed by atoms with Crippen molar-refractivity contribution in [2.75, 3.05) is 6.61 Å². The van der Waals surface area contributed by atoms with Gasteiger partial charge in [-0.15, -0.1) is 11.6 Å². The molecule has 1 saturated heterocycles. The van der Waals surface area contributed by atoms with Crippen LogP contribution in [0, 0.1) is 0 Å². The van der Waals surface area contributed by atoms with Gasteiger partial charge in [0.2, 0.25) is 5.88 Å². The maximum Gasteiger partial charge on any atom is 0.417 e. The van der Waals surface area contributed by atoms with Gasteiger partial charge in [0, 0.05) is 18.7 Å². The van der Waals surface area contributed by atoms with Crippen molar-refractivity contribution in [3.63, 3.8) is 0 Å². The number of aromatic nitrogens is 1. The molecule has 1 aromatic heterocycles. The zero-order chi connectivity index (χ0) is 20.3. The number of rotatable bonds is 6. The zero-order valence-electron chi connectivity index (χ0n) is 14.3. The highest BCUT2D eigenvalue weighted by Gasteiger charge is 2.34. The summed E-state index contributed by atoms with van der Waals surface area (Å²) in [5.74, 6) is 0.104. The molecule has 1 aliphatic heterocycles. The van der Waals surface area contributed by atoms with Crippen molar-refractivity contribution < 1.29 is 27.0 Å². The highest BCUT2D eigenvalue weighted by molar-refractivity contribution is 6.31. The van der Waals surface area contributed by atoms with Gasteiger partial charge in [0.1, 0.15) is 11.9 Å². The number of nitrogens with zero attached hydrogens (tertiary/aromatic N) is 1. The molecule has 2 heterocycles. The molecule has 152 valence electrons. The molecule has 1 N–H and O–H groups in total. The van der Waals surface area contributed by atoms with E-state index >= 15 is 0 Å². The van der Waals surface area contributed by atoms with Crippen LogP contribution in [0.3, 0.4) is 0 Å². The third-order valence-electron chi connectivity index (χ3n) is 4.09. The van der Waals surface area contributed by atoms with Gasteiger partial charge in [-0.3, -0.25) is 5.32 Å². The molecule has 0 aliphatic carbocycles. The van der Waals surface area contributed by atoms with E-state index in [-0.39, 0.29) is 18.2 Å². The van der Waals surface area contributed by atoms with E-state index in [4.69, 9.17) is 32.7 Å². The third kappa shape index (κ3) is 5.47. The number of ether oxygens (including phenoxy) is 2. The van der Waals surface area contributed by atoms with Gasteiger partial charge in [-0.2, -0.15) is 13.2 Å². The second kappa shape index (κ2) is 8.82. The third-order valence-corrected chi connectivity index (χ3v) is 4.73. The lowest BCUT2D eigenvalue weighted by Crippen LogP contribution is -2.29. The van der Waals surface area contributed by atoms with E-state index in [1.165, 1.54) is 18.3 Å². The fourth-order valence-corrected chi connectivity index (χ4v) is 3.20. The summed E-state index contributed by atoms with van der Waals surface area (Å²) in [4.78, 5) is 4.07. The first-order valence-electron chi connectivity index (χ1n) is 8.37. The van der Waals surface area contributed by atoms with Crippen molar-refractivity contribution in [2.45, 2.75) is 36.9 Å². The molecule has 1 aromatic carbocycles. The summed E-state index contributed by atoms with van der Waals surface area (Å²) < 4.78 is 63.0. The van der Waals surface area contributed by atoms with Gasteiger partial charge < -0.3 is 9.47 Å². The van der Waals surface area contributed by atoms with Crippen LogP contribution in [-0.2, 0) is 17.3 Å². The highest BCUT2D eigenvalue weighted by Crippen LogP contribution is 2.37. The van der Waals surface area contributed by atoms with Crippen molar-refractivity contribution in [1.82, 2.24) is 10.3 Å². The second-order valence-electron chi connectivity index (χ2n) is 6.18. The summed E-state index contributed by atoms with van der Waals surface area (Å²) in [6.07, 6.45) is -4.07. The van der Waals surface area contributed by atoms with Crippen LogP contribution in [0.25, 0.3) is 0 Å². The summed E-state index contributed by atoms with van der Waals surface area (Å²) >= 11 is 11.4. The quantitative estimate of drug-likeness (QED) is 0.376. The van der Waals surface area contributed by atoms with Gasteiger partial charge in [0.15, 0.2) is 6.30 Å². The Morgan fingerprint density at radius 2 is 2.00 bits per heavy atom. The molecule has 1 aliphatic rings. The lowest BCUT2D eigenvalue weighted by molar-refractivity contribution is -0.137. The predicted molar refractivity (Wildman–Crippen MR) is 96.5 cm³/mol. The molecule has 3 unspecified atom stereocenters. The van der Waals surface area contributed by atoms with Crippen molar-refractivity contribution in [3.05, 3.63) is 52.7 Å². The molecule has 4 nitrogen and oxygen atoms in total. The van der Waals surface area contributed by atoms with Crippen molar-refractivity contribution in [1.29, 1.82) is 0 Å². The standard InChI is InChI=1S/C18H16Cl2F4N2O2/c19-13-3-2-11(7-12(13)18(22,23)24)28-16-4-1-10(9-25-16)5-6-27-14-8-15(20)26-17(14)21/h1-4,7,9,14-15,17,26H,5-6,8H2. The van der Waals surface area contributed by atoms with E-state index in [0.717, 1.165) is 17.7 Å². The van der Waals surface area contributed by atoms with E-state index in [1.807, 2.05) is 0 Å². The normalized spacial score (nSPS) is 22.4. The minimum atomic E-state index is -4.58. The van der Waals surface area contributed by atoms with Gasteiger partial charge in [-0.25, -0.2) is 9.37 Å². The first-order valence-corrected chi connectivity index (χ1v) is 9.19. The second-order valence-corrected chi connectivity index (χ2v) is 7.11. The monoisotopic (exact) mass is 438 g/mol. The molecule has 0 bridgehead atoms. The summed E-state index contributed by atoms with van der Waals surface area (Å²) in [5.41, 5.74) is -0.612. The van der Waals surface area contributed by atoms with E-state index in [9.17, 15) is 17.6 Å². The highest BCUT2D eigenvalue weighted by atomic mass is 35.5. The largest absolute Gasteiger partial charge is 0.439 e. The summed E-state index contributed by atoms with van der Waals surface area (Å²) in [6.45, 7) is 0.282. The van der Waals surface area contributed by atoms with Crippen LogP contribution >= 0.6 is 23.2 Å². The molecule has 0 amide bonds. The minimum Gasteiger partial charge on any atom is -0.439 e. The molecule has 0 radical (unpaired) electrons. The fraction of sp³-hybridized carbons (Fsp3) is 0.389.